The molecule has 0 aliphatic carbocycles. The van der Waals surface area contributed by atoms with Gasteiger partial charge in [-0.25, -0.2) is 4.79 Å². The van der Waals surface area contributed by atoms with Crippen molar-refractivity contribution in [1.29, 1.82) is 0 Å². The summed E-state index contributed by atoms with van der Waals surface area (Å²) in [5, 5.41) is 0. The highest BCUT2D eigenvalue weighted by molar-refractivity contribution is 5.89. The Morgan fingerprint density at radius 1 is 1.47 bits per heavy atom. The second-order valence-electron chi connectivity index (χ2n) is 2.91. The predicted molar refractivity (Wildman–Crippen MR) is 55.5 cm³/mol. The van der Waals surface area contributed by atoms with Gasteiger partial charge in [0.25, 0.3) is 0 Å². The Kier molecular flexibility index (Phi) is 3.64. The molecule has 0 bridgehead atoms. The van der Waals surface area contributed by atoms with E-state index in [4.69, 9.17) is 0 Å². The molecule has 0 radical (unpaired) electrons. The van der Waals surface area contributed by atoms with Crippen molar-refractivity contribution in [1.82, 2.24) is 0 Å². The number of methoxy groups -OCH3 is 1. The first-order chi connectivity index (χ1) is 7.19. The van der Waals surface area contributed by atoms with Crippen LogP contribution in [0, 0.1) is 18.8 Å². The zero-order valence-electron chi connectivity index (χ0n) is 8.53. The summed E-state index contributed by atoms with van der Waals surface area (Å²) in [7, 11) is 1.33. The number of carbonyl (C=O) groups excluding carboxylic acids is 2. The van der Waals surface area contributed by atoms with Gasteiger partial charge in [-0.15, -0.1) is 0 Å². The first-order valence-electron chi connectivity index (χ1n) is 4.33. The van der Waals surface area contributed by atoms with Crippen LogP contribution in [0.3, 0.4) is 0 Å². The minimum absolute atomic E-state index is 0.381. The molecule has 0 aromatic heterocycles. The molecule has 0 saturated carbocycles. The molecule has 0 aliphatic heterocycles. The van der Waals surface area contributed by atoms with Crippen molar-refractivity contribution in [2.24, 2.45) is 0 Å². The fourth-order valence-electron chi connectivity index (χ4n) is 1.16. The summed E-state index contributed by atoms with van der Waals surface area (Å²) < 4.78 is 4.58. The summed E-state index contributed by atoms with van der Waals surface area (Å²) in [5.74, 6) is 4.62. The molecule has 15 heavy (non-hydrogen) atoms. The smallest absolute Gasteiger partial charge is 0.337 e. The van der Waals surface area contributed by atoms with Crippen molar-refractivity contribution in [3.63, 3.8) is 0 Å². The second kappa shape index (κ2) is 4.97. The third kappa shape index (κ3) is 2.68. The fourth-order valence-corrected chi connectivity index (χ4v) is 1.16. The van der Waals surface area contributed by atoms with Crippen LogP contribution in [-0.2, 0) is 9.53 Å². The van der Waals surface area contributed by atoms with Crippen molar-refractivity contribution in [3.05, 3.63) is 34.9 Å². The van der Waals surface area contributed by atoms with Gasteiger partial charge < -0.3 is 4.74 Å². The molecule has 0 aliphatic rings. The average Bonchev–Trinajstić information content (AvgIpc) is 2.26. The van der Waals surface area contributed by atoms with Crippen LogP contribution in [0.2, 0.25) is 0 Å². The van der Waals surface area contributed by atoms with Crippen LogP contribution >= 0.6 is 0 Å². The van der Waals surface area contributed by atoms with Crippen LogP contribution < -0.4 is 0 Å². The van der Waals surface area contributed by atoms with Crippen LogP contribution in [0.15, 0.2) is 18.2 Å². The summed E-state index contributed by atoms with van der Waals surface area (Å²) in [6.45, 7) is 1.82. The normalized spacial score (nSPS) is 8.67. The van der Waals surface area contributed by atoms with E-state index in [9.17, 15) is 9.59 Å². The van der Waals surface area contributed by atoms with E-state index in [0.717, 1.165) is 11.1 Å². The maximum atomic E-state index is 11.2. The minimum atomic E-state index is -0.381. The standard InChI is InChI=1S/C12H10O3/c1-9-8-11(12(14)15-2)6-5-10(9)4-3-7-13/h5-8H,1-2H3. The van der Waals surface area contributed by atoms with Crippen molar-refractivity contribution < 1.29 is 14.3 Å². The Bertz CT molecular complexity index is 450. The van der Waals surface area contributed by atoms with E-state index < -0.39 is 0 Å². The number of hydrogen-bond donors (Lipinski definition) is 0. The van der Waals surface area contributed by atoms with Gasteiger partial charge in [-0.2, -0.15) is 0 Å². The number of aryl methyl sites for hydroxylation is 1. The van der Waals surface area contributed by atoms with Crippen LogP contribution in [0.4, 0.5) is 0 Å². The molecular formula is C12H10O3. The molecule has 0 unspecified atom stereocenters. The molecule has 3 nitrogen and oxygen atoms in total. The number of carbonyl (C=O) groups is 2. The quantitative estimate of drug-likeness (QED) is 0.392. The fraction of sp³-hybridized carbons (Fsp3) is 0.167. The van der Waals surface area contributed by atoms with Crippen molar-refractivity contribution in [2.45, 2.75) is 6.92 Å². The second-order valence-corrected chi connectivity index (χ2v) is 2.91. The molecule has 0 saturated heterocycles. The van der Waals surface area contributed by atoms with E-state index in [1.807, 2.05) is 6.92 Å². The molecule has 0 spiro atoms. The van der Waals surface area contributed by atoms with Crippen molar-refractivity contribution in [3.8, 4) is 11.8 Å². The first kappa shape index (κ1) is 11.0. The minimum Gasteiger partial charge on any atom is -0.465 e. The molecule has 76 valence electrons. The van der Waals surface area contributed by atoms with Gasteiger partial charge in [0.1, 0.15) is 0 Å². The first-order valence-corrected chi connectivity index (χ1v) is 4.33. The summed E-state index contributed by atoms with van der Waals surface area (Å²) >= 11 is 0. The summed E-state index contributed by atoms with van der Waals surface area (Å²) in [5.41, 5.74) is 2.05. The van der Waals surface area contributed by atoms with E-state index in [2.05, 4.69) is 16.6 Å². The van der Waals surface area contributed by atoms with E-state index in [0.29, 0.717) is 11.8 Å². The number of benzene rings is 1. The Balaban J connectivity index is 3.08. The highest BCUT2D eigenvalue weighted by atomic mass is 16.5. The SMILES string of the molecule is COC(=O)c1ccc(C#CC=O)c(C)c1. The lowest BCUT2D eigenvalue weighted by molar-refractivity contribution is -0.103. The van der Waals surface area contributed by atoms with Gasteiger partial charge in [-0.1, -0.05) is 5.92 Å². The predicted octanol–water partition coefficient (Wildman–Crippen LogP) is 1.33. The molecule has 0 N–H and O–H groups in total. The van der Waals surface area contributed by atoms with Crippen molar-refractivity contribution >= 4 is 12.3 Å². The Hall–Kier alpha value is -2.08. The lowest BCUT2D eigenvalue weighted by Crippen LogP contribution is -2.01. The van der Waals surface area contributed by atoms with Gasteiger partial charge >= 0.3 is 5.97 Å². The lowest BCUT2D eigenvalue weighted by Gasteiger charge is -2.02. The molecule has 0 amide bonds. The van der Waals surface area contributed by atoms with Gasteiger partial charge in [0.2, 0.25) is 0 Å². The highest BCUT2D eigenvalue weighted by Gasteiger charge is 2.05. The molecule has 1 aromatic rings. The van der Waals surface area contributed by atoms with Crippen LogP contribution in [-0.4, -0.2) is 19.4 Å². The molecule has 0 atom stereocenters. The lowest BCUT2D eigenvalue weighted by atomic mass is 10.1. The molecule has 3 heteroatoms. The number of hydrogen-bond acceptors (Lipinski definition) is 3. The summed E-state index contributed by atoms with van der Waals surface area (Å²) in [6.07, 6.45) is 0.535. The van der Waals surface area contributed by atoms with Gasteiger partial charge in [0, 0.05) is 5.56 Å². The number of aldehydes is 1. The Morgan fingerprint density at radius 2 is 2.20 bits per heavy atom. The van der Waals surface area contributed by atoms with E-state index in [-0.39, 0.29) is 5.97 Å². The highest BCUT2D eigenvalue weighted by Crippen LogP contribution is 2.10. The van der Waals surface area contributed by atoms with Crippen LogP contribution in [0.5, 0.6) is 0 Å². The average molecular weight is 202 g/mol. The van der Waals surface area contributed by atoms with E-state index >= 15 is 0 Å². The molecule has 0 fully saturated rings. The van der Waals surface area contributed by atoms with Gasteiger partial charge in [-0.05, 0) is 36.6 Å². The molecule has 0 heterocycles. The van der Waals surface area contributed by atoms with Crippen LogP contribution in [0.25, 0.3) is 0 Å². The zero-order chi connectivity index (χ0) is 11.3. The monoisotopic (exact) mass is 202 g/mol. The Labute approximate surface area is 88.1 Å². The molecular weight excluding hydrogens is 192 g/mol. The van der Waals surface area contributed by atoms with Crippen LogP contribution in [0.1, 0.15) is 21.5 Å². The Morgan fingerprint density at radius 3 is 2.73 bits per heavy atom. The maximum Gasteiger partial charge on any atom is 0.337 e. The summed E-state index contributed by atoms with van der Waals surface area (Å²) in [4.78, 5) is 21.2. The van der Waals surface area contributed by atoms with Gasteiger partial charge in [0.05, 0.1) is 12.7 Å². The summed E-state index contributed by atoms with van der Waals surface area (Å²) in [6, 6.07) is 4.99. The van der Waals surface area contributed by atoms with E-state index in [1.54, 1.807) is 18.2 Å². The van der Waals surface area contributed by atoms with Gasteiger partial charge in [-0.3, -0.25) is 4.79 Å². The van der Waals surface area contributed by atoms with Gasteiger partial charge in [0.15, 0.2) is 6.29 Å². The number of ether oxygens (including phenoxy) is 1. The molecule has 1 rings (SSSR count). The number of esters is 1. The zero-order valence-corrected chi connectivity index (χ0v) is 8.53. The largest absolute Gasteiger partial charge is 0.465 e. The third-order valence-electron chi connectivity index (χ3n) is 1.91. The maximum absolute atomic E-state index is 11.2. The topological polar surface area (TPSA) is 43.4 Å². The molecule has 1 aromatic carbocycles. The number of rotatable bonds is 1. The van der Waals surface area contributed by atoms with E-state index in [1.165, 1.54) is 7.11 Å². The third-order valence-corrected chi connectivity index (χ3v) is 1.91. The van der Waals surface area contributed by atoms with Crippen molar-refractivity contribution in [2.75, 3.05) is 7.11 Å².